The molecule has 11 nitrogen and oxygen atoms in total. The van der Waals surface area contributed by atoms with Crippen LogP contribution in [0.4, 0.5) is 0 Å². The van der Waals surface area contributed by atoms with Gasteiger partial charge in [-0.25, -0.2) is 0 Å². The molecule has 6 N–H and O–H groups in total. The van der Waals surface area contributed by atoms with Gasteiger partial charge in [0.2, 0.25) is 18.0 Å². The Kier molecular flexibility index (Phi) is 8.99. The van der Waals surface area contributed by atoms with Gasteiger partial charge in [-0.1, -0.05) is 18.2 Å². The van der Waals surface area contributed by atoms with E-state index >= 15 is 0 Å². The van der Waals surface area contributed by atoms with Crippen molar-refractivity contribution in [2.45, 2.75) is 75.3 Å². The van der Waals surface area contributed by atoms with E-state index in [2.05, 4.69) is 16.0 Å². The largest absolute Gasteiger partial charge is 0.395 e. The Morgan fingerprint density at radius 1 is 1.21 bits per heavy atom. The number of aliphatic hydroxyl groups is 3. The summed E-state index contributed by atoms with van der Waals surface area (Å²) in [7, 11) is 1.61. The minimum absolute atomic E-state index is 0.0125. The highest BCUT2D eigenvalue weighted by molar-refractivity contribution is 5.94. The number of carbonyl (C=O) groups excluding carboxylic acids is 2. The maximum atomic E-state index is 12.6. The van der Waals surface area contributed by atoms with Crippen molar-refractivity contribution < 1.29 is 39.1 Å². The van der Waals surface area contributed by atoms with Crippen molar-refractivity contribution in [3.8, 4) is 0 Å². The molecule has 2 saturated heterocycles. The topological polar surface area (TPSA) is 159 Å². The van der Waals surface area contributed by atoms with Gasteiger partial charge in [0.1, 0.15) is 12.2 Å². The lowest BCUT2D eigenvalue weighted by Gasteiger charge is -2.54. The highest BCUT2D eigenvalue weighted by Gasteiger charge is 2.59. The van der Waals surface area contributed by atoms with Crippen molar-refractivity contribution in [3.05, 3.63) is 35.9 Å². The molecule has 2 aliphatic heterocycles. The van der Waals surface area contributed by atoms with Gasteiger partial charge in [-0.05, 0) is 39.4 Å². The maximum Gasteiger partial charge on any atom is 0.251 e. The van der Waals surface area contributed by atoms with Gasteiger partial charge in [0.15, 0.2) is 0 Å². The zero-order valence-corrected chi connectivity index (χ0v) is 19.6. The van der Waals surface area contributed by atoms with Crippen LogP contribution in [0.2, 0.25) is 0 Å². The number of aliphatic hydroxyl groups excluding tert-OH is 2. The number of likely N-dealkylation sites (N-methyl/N-ethyl adjacent to an activating group) is 1. The van der Waals surface area contributed by atoms with Crippen LogP contribution >= 0.6 is 0 Å². The van der Waals surface area contributed by atoms with Crippen LogP contribution < -0.4 is 16.0 Å². The summed E-state index contributed by atoms with van der Waals surface area (Å²) in [6.45, 7) is 3.07. The molecule has 0 aromatic heterocycles. The van der Waals surface area contributed by atoms with Gasteiger partial charge in [-0.15, -0.1) is 0 Å². The second kappa shape index (κ2) is 11.5. The first-order valence-electron chi connectivity index (χ1n) is 11.5. The Balaban J connectivity index is 1.66. The molecular weight excluding hydrogens is 446 g/mol. The van der Waals surface area contributed by atoms with Gasteiger partial charge in [0.05, 0.1) is 30.9 Å². The van der Waals surface area contributed by atoms with E-state index in [1.54, 1.807) is 44.3 Å². The molecule has 2 aliphatic rings. The molecule has 1 aromatic rings. The molecule has 0 bridgehead atoms. The minimum atomic E-state index is -2.05. The van der Waals surface area contributed by atoms with Crippen molar-refractivity contribution in [2.24, 2.45) is 0 Å². The lowest BCUT2D eigenvalue weighted by atomic mass is 9.92. The van der Waals surface area contributed by atoms with Gasteiger partial charge >= 0.3 is 0 Å². The molecule has 0 radical (unpaired) electrons. The van der Waals surface area contributed by atoms with E-state index in [0.717, 1.165) is 0 Å². The summed E-state index contributed by atoms with van der Waals surface area (Å²) in [6, 6.07) is 7.14. The fraction of sp³-hybridized carbons (Fsp3) is 0.652. The fourth-order valence-corrected chi connectivity index (χ4v) is 4.27. The van der Waals surface area contributed by atoms with Gasteiger partial charge < -0.3 is 45.5 Å². The van der Waals surface area contributed by atoms with Crippen LogP contribution in [0, 0.1) is 0 Å². The summed E-state index contributed by atoms with van der Waals surface area (Å²) in [6.07, 6.45) is -4.18. The number of fused-ring (bicyclic) bond motifs is 1. The normalized spacial score (nSPS) is 32.8. The molecule has 2 fully saturated rings. The number of amides is 2. The number of carbonyl (C=O) groups is 2. The van der Waals surface area contributed by atoms with E-state index in [9.17, 15) is 24.9 Å². The average molecular weight is 482 g/mol. The first kappa shape index (κ1) is 26.5. The van der Waals surface area contributed by atoms with Crippen LogP contribution in [0.25, 0.3) is 0 Å². The van der Waals surface area contributed by atoms with E-state index in [-0.39, 0.29) is 38.0 Å². The molecule has 11 heteroatoms. The zero-order valence-electron chi connectivity index (χ0n) is 19.6. The Hall–Kier alpha value is -2.12. The van der Waals surface area contributed by atoms with Crippen LogP contribution in [-0.4, -0.2) is 95.9 Å². The second-order valence-corrected chi connectivity index (χ2v) is 8.76. The number of rotatable bonds is 9. The lowest BCUT2D eigenvalue weighted by molar-refractivity contribution is -0.442. The summed E-state index contributed by atoms with van der Waals surface area (Å²) in [4.78, 5) is 24.8. The molecule has 0 spiro atoms. The minimum Gasteiger partial charge on any atom is -0.395 e. The smallest absolute Gasteiger partial charge is 0.251 e. The summed E-state index contributed by atoms with van der Waals surface area (Å²) in [5.41, 5.74) is 0.493. The number of ether oxygens (including phenoxy) is 3. The number of hydrogen-bond acceptors (Lipinski definition) is 9. The monoisotopic (exact) mass is 481 g/mol. The number of nitrogens with one attached hydrogen (secondary N) is 3. The molecule has 190 valence electrons. The summed E-state index contributed by atoms with van der Waals surface area (Å²) < 4.78 is 17.6. The van der Waals surface area contributed by atoms with Crippen LogP contribution in [-0.2, 0) is 19.0 Å². The molecule has 3 rings (SSSR count). The van der Waals surface area contributed by atoms with E-state index in [1.807, 2.05) is 0 Å². The highest BCUT2D eigenvalue weighted by atomic mass is 16.8. The molecular formula is C23H35N3O8. The van der Waals surface area contributed by atoms with E-state index in [1.165, 1.54) is 6.92 Å². The maximum absolute atomic E-state index is 12.6. The van der Waals surface area contributed by atoms with Gasteiger partial charge in [-0.3, -0.25) is 9.59 Å². The van der Waals surface area contributed by atoms with Gasteiger partial charge in [0, 0.05) is 18.5 Å². The summed E-state index contributed by atoms with van der Waals surface area (Å²) in [5, 5.41) is 39.7. The third-order valence-corrected chi connectivity index (χ3v) is 6.14. The van der Waals surface area contributed by atoms with Crippen LogP contribution in [0.1, 0.15) is 37.0 Å². The Labute approximate surface area is 198 Å². The molecule has 8 atom stereocenters. The number of benzene rings is 1. The molecule has 8 unspecified atom stereocenters. The SMILES string of the molecule is CNC(CO)C1OC2(O)C(NC(=O)CCNC(=O)c3ccccc3)CC(C)OC2OC1C(C)O. The van der Waals surface area contributed by atoms with Gasteiger partial charge in [-0.2, -0.15) is 0 Å². The quantitative estimate of drug-likeness (QED) is 0.256. The Morgan fingerprint density at radius 2 is 1.91 bits per heavy atom. The van der Waals surface area contributed by atoms with Crippen LogP contribution in [0.5, 0.6) is 0 Å². The van der Waals surface area contributed by atoms with Crippen molar-refractivity contribution in [3.63, 3.8) is 0 Å². The fourth-order valence-electron chi connectivity index (χ4n) is 4.27. The predicted molar refractivity (Wildman–Crippen MR) is 121 cm³/mol. The Bertz CT molecular complexity index is 822. The third kappa shape index (κ3) is 5.92. The standard InChI is InChI=1S/C23H35N3O8/c1-13-11-17(26-18(29)9-10-25-21(30)15-7-5-4-6-8-15)23(31)22(32-13)33-19(14(2)28)20(34-23)16(12-27)24-3/h4-8,13-14,16-17,19-20,22,24,27-28,31H,9-12H2,1-3H3,(H,25,30)(H,26,29). The van der Waals surface area contributed by atoms with Crippen molar-refractivity contribution in [1.29, 1.82) is 0 Å². The van der Waals surface area contributed by atoms with E-state index in [4.69, 9.17) is 14.2 Å². The molecule has 0 saturated carbocycles. The van der Waals surface area contributed by atoms with Crippen molar-refractivity contribution in [2.75, 3.05) is 20.2 Å². The average Bonchev–Trinajstić information content (AvgIpc) is 2.80. The van der Waals surface area contributed by atoms with Crippen LogP contribution in [0.15, 0.2) is 30.3 Å². The summed E-state index contributed by atoms with van der Waals surface area (Å²) >= 11 is 0. The molecule has 2 heterocycles. The van der Waals surface area contributed by atoms with Crippen LogP contribution in [0.3, 0.4) is 0 Å². The third-order valence-electron chi connectivity index (χ3n) is 6.14. The molecule has 34 heavy (non-hydrogen) atoms. The predicted octanol–water partition coefficient (Wildman–Crippen LogP) is -1.14. The first-order chi connectivity index (χ1) is 16.2. The van der Waals surface area contributed by atoms with Crippen molar-refractivity contribution >= 4 is 11.8 Å². The summed E-state index contributed by atoms with van der Waals surface area (Å²) in [5.74, 6) is -2.73. The Morgan fingerprint density at radius 3 is 2.53 bits per heavy atom. The lowest BCUT2D eigenvalue weighted by Crippen LogP contribution is -2.74. The first-order valence-corrected chi connectivity index (χ1v) is 11.5. The molecule has 0 aliphatic carbocycles. The molecule has 2 amide bonds. The molecule has 1 aromatic carbocycles. The second-order valence-electron chi connectivity index (χ2n) is 8.76. The zero-order chi connectivity index (χ0) is 24.9. The number of hydrogen-bond donors (Lipinski definition) is 6. The van der Waals surface area contributed by atoms with E-state index in [0.29, 0.717) is 5.56 Å². The van der Waals surface area contributed by atoms with Crippen molar-refractivity contribution in [1.82, 2.24) is 16.0 Å². The highest BCUT2D eigenvalue weighted by Crippen LogP contribution is 2.39. The van der Waals surface area contributed by atoms with E-state index < -0.39 is 48.4 Å². The van der Waals surface area contributed by atoms with Gasteiger partial charge in [0.25, 0.3) is 5.91 Å².